The van der Waals surface area contributed by atoms with E-state index in [1.54, 1.807) is 0 Å². The zero-order chi connectivity index (χ0) is 11.6. The van der Waals surface area contributed by atoms with Gasteiger partial charge in [0, 0.05) is 5.92 Å². The van der Waals surface area contributed by atoms with Crippen molar-refractivity contribution in [2.45, 2.75) is 77.6 Å². The highest BCUT2D eigenvalue weighted by molar-refractivity contribution is 5.53. The zero-order valence-corrected chi connectivity index (χ0v) is 10.9. The van der Waals surface area contributed by atoms with Gasteiger partial charge in [-0.25, -0.2) is 0 Å². The standard InChI is InChI=1S/C15H28O/c1-2-3-4-5-6-7-9-15(13-16)12-14-10-8-11-14/h13-15H,2-12H2,1H3. The number of rotatable bonds is 10. The molecule has 0 amide bonds. The molecule has 1 aliphatic carbocycles. The maximum Gasteiger partial charge on any atom is 0.123 e. The number of hydrogen-bond acceptors (Lipinski definition) is 1. The molecule has 0 aromatic rings. The maximum absolute atomic E-state index is 10.9. The number of carbonyl (C=O) groups excluding carboxylic acids is 1. The van der Waals surface area contributed by atoms with E-state index in [9.17, 15) is 4.79 Å². The lowest BCUT2D eigenvalue weighted by Crippen LogP contribution is -2.16. The van der Waals surface area contributed by atoms with Crippen molar-refractivity contribution in [1.29, 1.82) is 0 Å². The molecule has 16 heavy (non-hydrogen) atoms. The third kappa shape index (κ3) is 5.67. The summed E-state index contributed by atoms with van der Waals surface area (Å²) in [5.74, 6) is 1.26. The summed E-state index contributed by atoms with van der Waals surface area (Å²) >= 11 is 0. The number of unbranched alkanes of at least 4 members (excludes halogenated alkanes) is 5. The lowest BCUT2D eigenvalue weighted by atomic mass is 9.78. The topological polar surface area (TPSA) is 17.1 Å². The molecule has 0 saturated heterocycles. The first-order valence-corrected chi connectivity index (χ1v) is 7.32. The summed E-state index contributed by atoms with van der Waals surface area (Å²) in [6.45, 7) is 2.25. The Morgan fingerprint density at radius 3 is 2.38 bits per heavy atom. The van der Waals surface area contributed by atoms with Crippen LogP contribution in [0.25, 0.3) is 0 Å². The molecule has 0 bridgehead atoms. The zero-order valence-electron chi connectivity index (χ0n) is 10.9. The fraction of sp³-hybridized carbons (Fsp3) is 0.933. The van der Waals surface area contributed by atoms with E-state index < -0.39 is 0 Å². The van der Waals surface area contributed by atoms with E-state index in [1.165, 1.54) is 70.5 Å². The predicted octanol–water partition coefficient (Wildman–Crippen LogP) is 4.74. The van der Waals surface area contributed by atoms with Gasteiger partial charge in [0.2, 0.25) is 0 Å². The van der Waals surface area contributed by atoms with Gasteiger partial charge in [-0.05, 0) is 18.8 Å². The summed E-state index contributed by atoms with van der Waals surface area (Å²) in [4.78, 5) is 10.9. The first-order chi connectivity index (χ1) is 7.86. The molecule has 1 aliphatic rings. The van der Waals surface area contributed by atoms with Gasteiger partial charge in [-0.1, -0.05) is 64.7 Å². The fourth-order valence-electron chi connectivity index (χ4n) is 2.58. The molecule has 0 aliphatic heterocycles. The molecular formula is C15H28O. The predicted molar refractivity (Wildman–Crippen MR) is 69.5 cm³/mol. The summed E-state index contributed by atoms with van der Waals surface area (Å²) in [6, 6.07) is 0. The van der Waals surface area contributed by atoms with E-state index in [4.69, 9.17) is 0 Å². The monoisotopic (exact) mass is 224 g/mol. The summed E-state index contributed by atoms with van der Waals surface area (Å²) < 4.78 is 0. The molecular weight excluding hydrogens is 196 g/mol. The number of aldehydes is 1. The lowest BCUT2D eigenvalue weighted by Gasteiger charge is -2.27. The minimum atomic E-state index is 0.372. The van der Waals surface area contributed by atoms with Gasteiger partial charge in [0.1, 0.15) is 6.29 Å². The lowest BCUT2D eigenvalue weighted by molar-refractivity contribution is -0.112. The molecule has 0 spiro atoms. The molecule has 0 N–H and O–H groups in total. The second kappa shape index (κ2) is 8.78. The first kappa shape index (κ1) is 13.7. The molecule has 1 fully saturated rings. The molecule has 1 heteroatoms. The van der Waals surface area contributed by atoms with Crippen molar-refractivity contribution in [3.63, 3.8) is 0 Å². The SMILES string of the molecule is CCCCCCCCC(C=O)CC1CCC1. The van der Waals surface area contributed by atoms with Gasteiger partial charge in [-0.2, -0.15) is 0 Å². The van der Waals surface area contributed by atoms with Crippen LogP contribution in [-0.4, -0.2) is 6.29 Å². The quantitative estimate of drug-likeness (QED) is 0.387. The average Bonchev–Trinajstić information content (AvgIpc) is 2.25. The molecule has 0 radical (unpaired) electrons. The van der Waals surface area contributed by atoms with Crippen LogP contribution in [0.2, 0.25) is 0 Å². The van der Waals surface area contributed by atoms with Crippen LogP contribution in [0.1, 0.15) is 77.6 Å². The highest BCUT2D eigenvalue weighted by Crippen LogP contribution is 2.33. The van der Waals surface area contributed by atoms with Crippen molar-refractivity contribution in [2.24, 2.45) is 11.8 Å². The second-order valence-electron chi connectivity index (χ2n) is 5.49. The van der Waals surface area contributed by atoms with Crippen LogP contribution in [0.5, 0.6) is 0 Å². The van der Waals surface area contributed by atoms with Crippen LogP contribution in [0.15, 0.2) is 0 Å². The van der Waals surface area contributed by atoms with Crippen LogP contribution in [-0.2, 0) is 4.79 Å². The Bertz CT molecular complexity index is 172. The normalized spacial score (nSPS) is 18.1. The second-order valence-corrected chi connectivity index (χ2v) is 5.49. The molecule has 0 heterocycles. The summed E-state index contributed by atoms with van der Waals surface area (Å²) in [5.41, 5.74) is 0. The first-order valence-electron chi connectivity index (χ1n) is 7.32. The van der Waals surface area contributed by atoms with Crippen LogP contribution in [0, 0.1) is 11.8 Å². The van der Waals surface area contributed by atoms with Gasteiger partial charge >= 0.3 is 0 Å². The van der Waals surface area contributed by atoms with Crippen molar-refractivity contribution in [2.75, 3.05) is 0 Å². The highest BCUT2D eigenvalue weighted by atomic mass is 16.1. The van der Waals surface area contributed by atoms with Crippen LogP contribution in [0.3, 0.4) is 0 Å². The van der Waals surface area contributed by atoms with E-state index in [0.29, 0.717) is 5.92 Å². The Morgan fingerprint density at radius 2 is 1.81 bits per heavy atom. The third-order valence-electron chi connectivity index (χ3n) is 3.98. The molecule has 0 aromatic carbocycles. The van der Waals surface area contributed by atoms with Crippen molar-refractivity contribution in [3.8, 4) is 0 Å². The van der Waals surface area contributed by atoms with E-state index in [1.807, 2.05) is 0 Å². The molecule has 1 rings (SSSR count). The highest BCUT2D eigenvalue weighted by Gasteiger charge is 2.21. The summed E-state index contributed by atoms with van der Waals surface area (Å²) in [5, 5.41) is 0. The van der Waals surface area contributed by atoms with Gasteiger partial charge < -0.3 is 4.79 Å². The minimum Gasteiger partial charge on any atom is -0.303 e. The van der Waals surface area contributed by atoms with E-state index in [2.05, 4.69) is 6.92 Å². The average molecular weight is 224 g/mol. The Hall–Kier alpha value is -0.330. The van der Waals surface area contributed by atoms with Crippen molar-refractivity contribution < 1.29 is 4.79 Å². The molecule has 94 valence electrons. The number of carbonyl (C=O) groups is 1. The van der Waals surface area contributed by atoms with Gasteiger partial charge in [0.25, 0.3) is 0 Å². The Balaban J connectivity index is 1.93. The Kier molecular flexibility index (Phi) is 7.54. The van der Waals surface area contributed by atoms with Crippen LogP contribution in [0.4, 0.5) is 0 Å². The van der Waals surface area contributed by atoms with E-state index >= 15 is 0 Å². The Morgan fingerprint density at radius 1 is 1.12 bits per heavy atom. The van der Waals surface area contributed by atoms with Crippen molar-refractivity contribution in [1.82, 2.24) is 0 Å². The van der Waals surface area contributed by atoms with Gasteiger partial charge in [0.05, 0.1) is 0 Å². The summed E-state index contributed by atoms with van der Waals surface area (Å²) in [6.07, 6.45) is 15.7. The van der Waals surface area contributed by atoms with Crippen LogP contribution >= 0.6 is 0 Å². The van der Waals surface area contributed by atoms with E-state index in [-0.39, 0.29) is 0 Å². The van der Waals surface area contributed by atoms with Gasteiger partial charge in [0.15, 0.2) is 0 Å². The molecule has 1 atom stereocenters. The molecule has 0 aromatic heterocycles. The van der Waals surface area contributed by atoms with Crippen molar-refractivity contribution >= 4 is 6.29 Å². The van der Waals surface area contributed by atoms with E-state index in [0.717, 1.165) is 12.3 Å². The van der Waals surface area contributed by atoms with Crippen LogP contribution < -0.4 is 0 Å². The van der Waals surface area contributed by atoms with Crippen molar-refractivity contribution in [3.05, 3.63) is 0 Å². The van der Waals surface area contributed by atoms with Gasteiger partial charge in [-0.15, -0.1) is 0 Å². The maximum atomic E-state index is 10.9. The Labute approximate surface area is 101 Å². The summed E-state index contributed by atoms with van der Waals surface area (Å²) in [7, 11) is 0. The molecule has 1 unspecified atom stereocenters. The minimum absolute atomic E-state index is 0.372. The largest absolute Gasteiger partial charge is 0.303 e. The third-order valence-corrected chi connectivity index (χ3v) is 3.98. The fourth-order valence-corrected chi connectivity index (χ4v) is 2.58. The van der Waals surface area contributed by atoms with Gasteiger partial charge in [-0.3, -0.25) is 0 Å². The smallest absolute Gasteiger partial charge is 0.123 e. The molecule has 1 nitrogen and oxygen atoms in total. The molecule has 1 saturated carbocycles. The number of hydrogen-bond donors (Lipinski definition) is 0.